The van der Waals surface area contributed by atoms with E-state index in [1.807, 2.05) is 83.8 Å². The number of para-hydroxylation sites is 1. The molecule has 3 aromatic carbocycles. The molecule has 0 aliphatic carbocycles. The fourth-order valence-corrected chi connectivity index (χ4v) is 4.38. The average Bonchev–Trinajstić information content (AvgIpc) is 2.83. The Hall–Kier alpha value is -3.53. The van der Waals surface area contributed by atoms with Crippen LogP contribution in [0.4, 0.5) is 5.69 Å². The highest BCUT2D eigenvalue weighted by molar-refractivity contribution is 5.94. The molecule has 0 fully saturated rings. The molecule has 4 rings (SSSR count). The number of benzene rings is 3. The molecule has 0 saturated heterocycles. The Balaban J connectivity index is 1.71. The Morgan fingerprint density at radius 3 is 2.09 bits per heavy atom. The number of carbonyl (C=O) groups is 1. The van der Waals surface area contributed by atoms with Crippen molar-refractivity contribution in [1.29, 1.82) is 0 Å². The number of nitrogens with zero attached hydrogens (tertiary/aromatic N) is 1. The maximum absolute atomic E-state index is 13.4. The number of esters is 1. The van der Waals surface area contributed by atoms with Crippen LogP contribution in [0.3, 0.4) is 0 Å². The molecule has 1 aliphatic rings. The number of carbonyl (C=O) groups excluding carboxylic acids is 1. The van der Waals surface area contributed by atoms with E-state index in [9.17, 15) is 9.90 Å². The van der Waals surface area contributed by atoms with Gasteiger partial charge in [-0.15, -0.1) is 0 Å². The van der Waals surface area contributed by atoms with Gasteiger partial charge in [0.1, 0.15) is 11.4 Å². The van der Waals surface area contributed by atoms with E-state index in [1.54, 1.807) is 0 Å². The van der Waals surface area contributed by atoms with E-state index in [0.717, 1.165) is 24.1 Å². The second-order valence-corrected chi connectivity index (χ2v) is 8.19. The van der Waals surface area contributed by atoms with Gasteiger partial charge in [-0.25, -0.2) is 4.79 Å². The van der Waals surface area contributed by atoms with Crippen molar-refractivity contribution >= 4 is 11.7 Å². The highest BCUT2D eigenvalue weighted by atomic mass is 16.6. The molecule has 0 bridgehead atoms. The van der Waals surface area contributed by atoms with E-state index in [-0.39, 0.29) is 17.9 Å². The molecule has 32 heavy (non-hydrogen) atoms. The summed E-state index contributed by atoms with van der Waals surface area (Å²) < 4.78 is 6.22. The van der Waals surface area contributed by atoms with Crippen molar-refractivity contribution in [2.45, 2.75) is 38.2 Å². The number of hydrogen-bond donors (Lipinski definition) is 1. The summed E-state index contributed by atoms with van der Waals surface area (Å²) >= 11 is 0. The number of ether oxygens (including phenoxy) is 1. The van der Waals surface area contributed by atoms with E-state index < -0.39 is 11.6 Å². The third kappa shape index (κ3) is 4.54. The number of aryl methyl sites for hydroxylation is 1. The van der Waals surface area contributed by atoms with Gasteiger partial charge in [-0.3, -0.25) is 0 Å². The third-order valence-electron chi connectivity index (χ3n) is 5.95. The quantitative estimate of drug-likeness (QED) is 0.438. The van der Waals surface area contributed by atoms with E-state index in [2.05, 4.69) is 19.1 Å². The number of aliphatic hydroxyl groups is 1. The fraction of sp³-hybridized carbons (Fsp3) is 0.250. The minimum Gasteiger partial charge on any atom is -0.510 e. The summed E-state index contributed by atoms with van der Waals surface area (Å²) in [5, 5.41) is 11.2. The summed E-state index contributed by atoms with van der Waals surface area (Å²) in [7, 11) is 0. The first-order valence-corrected chi connectivity index (χ1v) is 11.2. The molecule has 164 valence electrons. The molecule has 1 atom stereocenters. The van der Waals surface area contributed by atoms with Gasteiger partial charge in [0.15, 0.2) is 5.70 Å². The van der Waals surface area contributed by atoms with Gasteiger partial charge in [0, 0.05) is 12.2 Å². The predicted molar refractivity (Wildman–Crippen MR) is 127 cm³/mol. The third-order valence-corrected chi connectivity index (χ3v) is 5.95. The van der Waals surface area contributed by atoms with Gasteiger partial charge in [-0.05, 0) is 42.5 Å². The number of aliphatic hydroxyl groups excluding tert-OH is 1. The molecule has 0 aromatic heterocycles. The van der Waals surface area contributed by atoms with E-state index in [4.69, 9.17) is 4.74 Å². The van der Waals surface area contributed by atoms with Crippen LogP contribution in [0.15, 0.2) is 102 Å². The van der Waals surface area contributed by atoms with Gasteiger partial charge in [-0.1, -0.05) is 85.8 Å². The molecule has 0 spiro atoms. The molecule has 0 amide bonds. The average molecular weight is 428 g/mol. The van der Waals surface area contributed by atoms with Crippen molar-refractivity contribution in [3.8, 4) is 0 Å². The van der Waals surface area contributed by atoms with Crippen LogP contribution < -0.4 is 4.90 Å². The molecule has 1 heterocycles. The van der Waals surface area contributed by atoms with Crippen LogP contribution in [-0.4, -0.2) is 17.6 Å². The Morgan fingerprint density at radius 2 is 1.50 bits per heavy atom. The number of rotatable bonds is 8. The largest absolute Gasteiger partial charge is 0.510 e. The van der Waals surface area contributed by atoms with Gasteiger partial charge in [0.05, 0.1) is 6.42 Å². The maximum Gasteiger partial charge on any atom is 0.359 e. The van der Waals surface area contributed by atoms with Crippen LogP contribution in [0.25, 0.3) is 0 Å². The van der Waals surface area contributed by atoms with E-state index in [1.165, 1.54) is 5.56 Å². The van der Waals surface area contributed by atoms with Crippen LogP contribution in [0, 0.1) is 0 Å². The van der Waals surface area contributed by atoms with Crippen molar-refractivity contribution in [2.75, 3.05) is 11.4 Å². The van der Waals surface area contributed by atoms with Gasteiger partial charge >= 0.3 is 5.97 Å². The smallest absolute Gasteiger partial charge is 0.359 e. The Morgan fingerprint density at radius 1 is 0.906 bits per heavy atom. The van der Waals surface area contributed by atoms with Crippen LogP contribution in [0.1, 0.15) is 37.3 Å². The zero-order chi connectivity index (χ0) is 22.4. The summed E-state index contributed by atoms with van der Waals surface area (Å²) in [4.78, 5) is 15.3. The van der Waals surface area contributed by atoms with Crippen molar-refractivity contribution in [3.05, 3.63) is 114 Å². The number of cyclic esters (lactones) is 1. The number of hydrogen-bond acceptors (Lipinski definition) is 4. The molecule has 4 heteroatoms. The first-order chi connectivity index (χ1) is 15.6. The summed E-state index contributed by atoms with van der Waals surface area (Å²) in [6.07, 6.45) is 2.40. The Labute approximate surface area is 189 Å². The summed E-state index contributed by atoms with van der Waals surface area (Å²) in [6.45, 7) is 2.66. The molecule has 1 aliphatic heterocycles. The van der Waals surface area contributed by atoms with Crippen LogP contribution >= 0.6 is 0 Å². The van der Waals surface area contributed by atoms with Crippen molar-refractivity contribution in [3.63, 3.8) is 0 Å². The summed E-state index contributed by atoms with van der Waals surface area (Å²) in [5.41, 5.74) is 2.27. The molecular formula is C28H29NO3. The second-order valence-electron chi connectivity index (χ2n) is 8.19. The van der Waals surface area contributed by atoms with Gasteiger partial charge in [0.25, 0.3) is 0 Å². The van der Waals surface area contributed by atoms with Crippen molar-refractivity contribution < 1.29 is 14.6 Å². The van der Waals surface area contributed by atoms with Crippen molar-refractivity contribution in [2.24, 2.45) is 0 Å². The predicted octanol–water partition coefficient (Wildman–Crippen LogP) is 6.15. The van der Waals surface area contributed by atoms with Crippen LogP contribution in [0.2, 0.25) is 0 Å². The minimum absolute atomic E-state index is 0.0791. The van der Waals surface area contributed by atoms with Gasteiger partial charge in [0.2, 0.25) is 0 Å². The second kappa shape index (κ2) is 9.73. The zero-order valence-corrected chi connectivity index (χ0v) is 18.4. The maximum atomic E-state index is 13.4. The van der Waals surface area contributed by atoms with Gasteiger partial charge < -0.3 is 14.7 Å². The molecule has 0 saturated carbocycles. The van der Waals surface area contributed by atoms with Crippen molar-refractivity contribution in [1.82, 2.24) is 0 Å². The lowest BCUT2D eigenvalue weighted by Crippen LogP contribution is -2.43. The van der Waals surface area contributed by atoms with E-state index in [0.29, 0.717) is 13.0 Å². The molecule has 0 radical (unpaired) electrons. The first-order valence-electron chi connectivity index (χ1n) is 11.2. The Bertz CT molecular complexity index is 1060. The Kier molecular flexibility index (Phi) is 6.60. The molecule has 3 aromatic rings. The standard InChI is InChI=1S/C28H29NO3/c1-2-20-29(24-16-10-5-11-17-24)26-25(30)21-28(32-27(26)31,23-14-8-4-9-15-23)19-18-22-12-6-3-7-13-22/h3-17,30H,2,18-21H2,1H3. The molecule has 1 N–H and O–H groups in total. The lowest BCUT2D eigenvalue weighted by Gasteiger charge is -2.40. The highest BCUT2D eigenvalue weighted by Crippen LogP contribution is 2.42. The summed E-state index contributed by atoms with van der Waals surface area (Å²) in [5.74, 6) is -0.404. The molecule has 1 unspecified atom stereocenters. The monoisotopic (exact) mass is 427 g/mol. The topological polar surface area (TPSA) is 49.8 Å². The normalized spacial score (nSPS) is 18.3. The lowest BCUT2D eigenvalue weighted by molar-refractivity contribution is -0.161. The number of anilines is 1. The van der Waals surface area contributed by atoms with E-state index >= 15 is 0 Å². The molecule has 4 nitrogen and oxygen atoms in total. The SMILES string of the molecule is CCCN(C1=C(O)CC(CCc2ccccc2)(c2ccccc2)OC1=O)c1ccccc1. The van der Waals surface area contributed by atoms with Crippen LogP contribution in [0.5, 0.6) is 0 Å². The molecular weight excluding hydrogens is 398 g/mol. The van der Waals surface area contributed by atoms with Crippen LogP contribution in [-0.2, 0) is 21.6 Å². The zero-order valence-electron chi connectivity index (χ0n) is 18.4. The fourth-order valence-electron chi connectivity index (χ4n) is 4.38. The summed E-state index contributed by atoms with van der Waals surface area (Å²) in [6, 6.07) is 29.6. The minimum atomic E-state index is -0.906. The first kappa shape index (κ1) is 21.7. The lowest BCUT2D eigenvalue weighted by atomic mass is 9.82. The highest BCUT2D eigenvalue weighted by Gasteiger charge is 2.44. The van der Waals surface area contributed by atoms with Gasteiger partial charge in [-0.2, -0.15) is 0 Å².